The molecular weight excluding hydrogens is 777 g/mol. The molecule has 1 aliphatic carbocycles. The van der Waals surface area contributed by atoms with Crippen LogP contribution >= 0.6 is 0 Å². The third-order valence-electron chi connectivity index (χ3n) is 14.3. The van der Waals surface area contributed by atoms with Crippen molar-refractivity contribution in [1.29, 1.82) is 0 Å². The number of aromatic nitrogens is 2. The van der Waals surface area contributed by atoms with Gasteiger partial charge in [0.05, 0.1) is 33.4 Å². The summed E-state index contributed by atoms with van der Waals surface area (Å²) in [4.78, 5) is 5.01. The van der Waals surface area contributed by atoms with Gasteiger partial charge in [-0.1, -0.05) is 97.1 Å². The highest BCUT2D eigenvalue weighted by atomic mass is 15.2. The van der Waals surface area contributed by atoms with Gasteiger partial charge in [0.1, 0.15) is 0 Å². The minimum atomic E-state index is 0.215. The van der Waals surface area contributed by atoms with Crippen molar-refractivity contribution in [2.24, 2.45) is 0 Å². The zero-order valence-corrected chi connectivity index (χ0v) is 37.2. The van der Waals surface area contributed by atoms with E-state index >= 15 is 0 Å². The number of allylic oxidation sites excluding steroid dienone is 1. The Morgan fingerprint density at radius 1 is 0.453 bits per heavy atom. The topological polar surface area (TPSA) is 15.8 Å². The number of aryl methyl sites for hydroxylation is 6. The van der Waals surface area contributed by atoms with Crippen LogP contribution < -0.4 is 9.80 Å². The van der Waals surface area contributed by atoms with Gasteiger partial charge in [-0.15, -0.1) is 0 Å². The predicted molar refractivity (Wildman–Crippen MR) is 271 cm³/mol. The number of para-hydroxylation sites is 4. The van der Waals surface area contributed by atoms with Gasteiger partial charge in [0.2, 0.25) is 0 Å². The predicted octanol–water partition coefficient (Wildman–Crippen LogP) is 16.2. The van der Waals surface area contributed by atoms with E-state index in [1.807, 2.05) is 0 Å². The summed E-state index contributed by atoms with van der Waals surface area (Å²) in [7, 11) is 0. The van der Waals surface area contributed by atoms with E-state index in [1.54, 1.807) is 0 Å². The third kappa shape index (κ3) is 5.11. The van der Waals surface area contributed by atoms with Crippen LogP contribution in [0.4, 0.5) is 34.1 Å². The Balaban J connectivity index is 1.07. The minimum absolute atomic E-state index is 0.215. The number of hydrogen-bond donors (Lipinski definition) is 0. The van der Waals surface area contributed by atoms with Gasteiger partial charge in [-0.05, 0) is 147 Å². The zero-order valence-electron chi connectivity index (χ0n) is 37.2. The van der Waals surface area contributed by atoms with Crippen molar-refractivity contribution in [3.63, 3.8) is 0 Å². The SMILES string of the molecule is Cc1cc(C)cc(N(c2ccccc2C)c2ccc3c4c2c2ccccc2n4C2=Cc4c(n5c6ccccc6c6c(N(c7cc(C)cc(C)c7)c7ccccc7C)ccc4c65)CC23)c1. The van der Waals surface area contributed by atoms with Crippen LogP contribution in [0.25, 0.3) is 60.8 Å². The summed E-state index contributed by atoms with van der Waals surface area (Å²) in [6, 6.07) is 59.3. The van der Waals surface area contributed by atoms with Crippen molar-refractivity contribution in [2.75, 3.05) is 9.80 Å². The van der Waals surface area contributed by atoms with Gasteiger partial charge in [-0.2, -0.15) is 0 Å². The van der Waals surface area contributed by atoms with Crippen molar-refractivity contribution >= 4 is 94.9 Å². The average Bonchev–Trinajstić information content (AvgIpc) is 4.01. The quantitative estimate of drug-likeness (QED) is 0.166. The molecule has 1 aliphatic heterocycles. The number of nitrogens with zero attached hydrogens (tertiary/aromatic N) is 4. The minimum Gasteiger partial charge on any atom is -0.312 e. The number of anilines is 6. The van der Waals surface area contributed by atoms with Crippen LogP contribution in [0.2, 0.25) is 0 Å². The number of benzene rings is 8. The molecule has 0 fully saturated rings. The lowest BCUT2D eigenvalue weighted by Gasteiger charge is -2.29. The van der Waals surface area contributed by atoms with Gasteiger partial charge in [-0.25, -0.2) is 0 Å². The Morgan fingerprint density at radius 3 is 1.55 bits per heavy atom. The summed E-state index contributed by atoms with van der Waals surface area (Å²) in [5.74, 6) is 0.215. The van der Waals surface area contributed by atoms with E-state index < -0.39 is 0 Å². The van der Waals surface area contributed by atoms with Gasteiger partial charge in [-0.3, -0.25) is 0 Å². The second-order valence-corrected chi connectivity index (χ2v) is 18.6. The summed E-state index contributed by atoms with van der Waals surface area (Å²) < 4.78 is 5.24. The van der Waals surface area contributed by atoms with Crippen LogP contribution in [0.15, 0.2) is 158 Å². The highest BCUT2D eigenvalue weighted by Crippen LogP contribution is 2.56. The molecule has 0 radical (unpaired) electrons. The van der Waals surface area contributed by atoms with Gasteiger partial charge in [0.15, 0.2) is 0 Å². The van der Waals surface area contributed by atoms with Crippen LogP contribution in [0, 0.1) is 41.5 Å². The zero-order chi connectivity index (χ0) is 43.1. The number of fused-ring (bicyclic) bond motifs is 12. The molecule has 1 atom stereocenters. The van der Waals surface area contributed by atoms with E-state index in [9.17, 15) is 0 Å². The van der Waals surface area contributed by atoms with Crippen molar-refractivity contribution in [3.05, 3.63) is 208 Å². The van der Waals surface area contributed by atoms with Gasteiger partial charge < -0.3 is 18.8 Å². The fraction of sp³-hybridized carbons (Fsp3) is 0.133. The average molecular weight is 825 g/mol. The molecule has 8 aromatic carbocycles. The molecule has 4 heterocycles. The standard InChI is InChI=1S/C60H48N4/c1-35-27-36(2)30-41(29-35)61(49-19-11-7-15-39(49)5)53-25-23-43-47-33-56-48(34-55(47)63-51-21-13-9-17-45(51)57(53)59(43)63)44-24-26-54(58-46-18-10-14-22-52(46)64(56)60(44)58)62(50-20-12-8-16-40(50)6)42-31-37(3)28-38(4)32-42/h7-33,48H,34H2,1-6H3. The van der Waals surface area contributed by atoms with Crippen molar-refractivity contribution in [3.8, 4) is 0 Å². The van der Waals surface area contributed by atoms with Gasteiger partial charge in [0.25, 0.3) is 0 Å². The summed E-state index contributed by atoms with van der Waals surface area (Å²) in [6.45, 7) is 13.3. The Bertz CT molecular complexity index is 3760. The Labute approximate surface area is 373 Å². The number of hydrogen-bond acceptors (Lipinski definition) is 2. The van der Waals surface area contributed by atoms with E-state index in [0.717, 1.165) is 6.42 Å². The maximum atomic E-state index is 2.63. The first-order valence-corrected chi connectivity index (χ1v) is 22.7. The van der Waals surface area contributed by atoms with Gasteiger partial charge >= 0.3 is 0 Å². The molecule has 0 spiro atoms. The first-order chi connectivity index (χ1) is 31.2. The molecule has 308 valence electrons. The maximum Gasteiger partial charge on any atom is 0.0638 e. The van der Waals surface area contributed by atoms with Crippen LogP contribution in [0.1, 0.15) is 56.1 Å². The fourth-order valence-electron chi connectivity index (χ4n) is 11.9. The van der Waals surface area contributed by atoms with Crippen LogP contribution in [-0.2, 0) is 6.42 Å². The lowest BCUT2D eigenvalue weighted by molar-refractivity contribution is 0.815. The van der Waals surface area contributed by atoms with Crippen molar-refractivity contribution in [2.45, 2.75) is 53.9 Å². The summed E-state index contributed by atoms with van der Waals surface area (Å²) in [5, 5.41) is 6.50. The lowest BCUT2D eigenvalue weighted by Crippen LogP contribution is -2.13. The molecule has 3 aromatic heterocycles. The second-order valence-electron chi connectivity index (χ2n) is 18.6. The molecule has 1 unspecified atom stereocenters. The molecule has 0 bridgehead atoms. The Morgan fingerprint density at radius 2 is 0.953 bits per heavy atom. The van der Waals surface area contributed by atoms with E-state index in [4.69, 9.17) is 0 Å². The van der Waals surface area contributed by atoms with Crippen LogP contribution in [0.5, 0.6) is 0 Å². The molecule has 64 heavy (non-hydrogen) atoms. The van der Waals surface area contributed by atoms with Crippen molar-refractivity contribution < 1.29 is 0 Å². The molecule has 0 N–H and O–H groups in total. The van der Waals surface area contributed by atoms with Crippen LogP contribution in [0.3, 0.4) is 0 Å². The largest absolute Gasteiger partial charge is 0.312 e. The maximum absolute atomic E-state index is 2.63. The highest BCUT2D eigenvalue weighted by Gasteiger charge is 2.39. The van der Waals surface area contributed by atoms with E-state index in [-0.39, 0.29) is 5.92 Å². The van der Waals surface area contributed by atoms with E-state index in [0.29, 0.717) is 0 Å². The monoisotopic (exact) mass is 824 g/mol. The van der Waals surface area contributed by atoms with Crippen LogP contribution in [-0.4, -0.2) is 8.97 Å². The normalized spacial score (nSPS) is 14.3. The molecule has 4 nitrogen and oxygen atoms in total. The first-order valence-electron chi connectivity index (χ1n) is 22.7. The molecule has 0 saturated heterocycles. The molecule has 11 aromatic rings. The molecule has 0 saturated carbocycles. The Hall–Kier alpha value is -7.56. The summed E-state index contributed by atoms with van der Waals surface area (Å²) in [5.41, 5.74) is 25.4. The molecule has 2 aliphatic rings. The van der Waals surface area contributed by atoms with E-state index in [1.165, 1.54) is 139 Å². The molecule has 4 heteroatoms. The molecular formula is C60H48N4. The molecule has 13 rings (SSSR count). The highest BCUT2D eigenvalue weighted by molar-refractivity contribution is 6.25. The molecule has 0 amide bonds. The Kier molecular flexibility index (Phi) is 7.80. The first kappa shape index (κ1) is 37.0. The second kappa shape index (κ2) is 13.5. The summed E-state index contributed by atoms with van der Waals surface area (Å²) in [6.07, 6.45) is 3.47. The lowest BCUT2D eigenvalue weighted by atomic mass is 9.85. The van der Waals surface area contributed by atoms with Gasteiger partial charge in [0, 0.05) is 79.0 Å². The fourth-order valence-corrected chi connectivity index (χ4v) is 11.9. The van der Waals surface area contributed by atoms with E-state index in [2.05, 4.69) is 224 Å². The smallest absolute Gasteiger partial charge is 0.0638 e. The third-order valence-corrected chi connectivity index (χ3v) is 14.3. The summed E-state index contributed by atoms with van der Waals surface area (Å²) >= 11 is 0. The van der Waals surface area contributed by atoms with Crippen molar-refractivity contribution in [1.82, 2.24) is 8.97 Å². The number of rotatable bonds is 6.